The lowest BCUT2D eigenvalue weighted by molar-refractivity contribution is 0.219. The van der Waals surface area contributed by atoms with Crippen molar-refractivity contribution in [3.63, 3.8) is 0 Å². The third kappa shape index (κ3) is 2.11. The number of halogens is 2. The first kappa shape index (κ1) is 11.2. The normalized spacial score (nSPS) is 11.9. The molecule has 0 aliphatic heterocycles. The summed E-state index contributed by atoms with van der Waals surface area (Å²) >= 11 is 0. The van der Waals surface area contributed by atoms with E-state index in [4.69, 9.17) is 0 Å². The zero-order valence-electron chi connectivity index (χ0n) is 9.12. The molecule has 0 aliphatic rings. The van der Waals surface area contributed by atoms with Crippen molar-refractivity contribution in [2.24, 2.45) is 0 Å². The second kappa shape index (κ2) is 3.68. The maximum Gasteiger partial charge on any atom is 0.130 e. The van der Waals surface area contributed by atoms with Crippen molar-refractivity contribution in [3.05, 3.63) is 34.6 Å². The van der Waals surface area contributed by atoms with Crippen LogP contribution in [-0.4, -0.2) is 0 Å². The lowest BCUT2D eigenvalue weighted by atomic mass is 9.91. The summed E-state index contributed by atoms with van der Waals surface area (Å²) in [7, 11) is 0. The average molecular weight is 198 g/mol. The molecule has 0 unspecified atom stereocenters. The fourth-order valence-corrected chi connectivity index (χ4v) is 1.72. The maximum absolute atomic E-state index is 13.7. The lowest BCUT2D eigenvalue weighted by Gasteiger charge is -2.19. The van der Waals surface area contributed by atoms with Crippen LogP contribution in [0.5, 0.6) is 0 Å². The summed E-state index contributed by atoms with van der Waals surface area (Å²) < 4.78 is 26.9. The number of benzene rings is 1. The SMILES string of the molecule is CCc1cc(F)cc(C(C)(C)F)c1C. The van der Waals surface area contributed by atoms with E-state index >= 15 is 0 Å². The van der Waals surface area contributed by atoms with Crippen molar-refractivity contribution >= 4 is 0 Å². The molecule has 1 rings (SSSR count). The zero-order valence-corrected chi connectivity index (χ0v) is 9.12. The second-order valence-electron chi connectivity index (χ2n) is 4.06. The quantitative estimate of drug-likeness (QED) is 0.676. The number of aryl methyl sites for hydroxylation is 1. The van der Waals surface area contributed by atoms with E-state index in [1.54, 1.807) is 0 Å². The highest BCUT2D eigenvalue weighted by atomic mass is 19.1. The molecule has 0 heterocycles. The Balaban J connectivity index is 3.37. The second-order valence-corrected chi connectivity index (χ2v) is 4.06. The van der Waals surface area contributed by atoms with Crippen LogP contribution in [0, 0.1) is 12.7 Å². The topological polar surface area (TPSA) is 0 Å². The highest BCUT2D eigenvalue weighted by molar-refractivity contribution is 5.38. The third-order valence-electron chi connectivity index (χ3n) is 2.50. The average Bonchev–Trinajstić information content (AvgIpc) is 2.06. The Morgan fingerprint density at radius 2 is 1.86 bits per heavy atom. The zero-order chi connectivity index (χ0) is 10.9. The molecule has 0 saturated carbocycles. The third-order valence-corrected chi connectivity index (χ3v) is 2.50. The largest absolute Gasteiger partial charge is 0.239 e. The molecular weight excluding hydrogens is 182 g/mol. The molecule has 0 N–H and O–H groups in total. The van der Waals surface area contributed by atoms with Crippen molar-refractivity contribution < 1.29 is 8.78 Å². The van der Waals surface area contributed by atoms with Crippen LogP contribution >= 0.6 is 0 Å². The van der Waals surface area contributed by atoms with Gasteiger partial charge in [0.25, 0.3) is 0 Å². The Labute approximate surface area is 84.0 Å². The van der Waals surface area contributed by atoms with Gasteiger partial charge in [0, 0.05) is 0 Å². The van der Waals surface area contributed by atoms with Crippen molar-refractivity contribution in [1.29, 1.82) is 0 Å². The summed E-state index contributed by atoms with van der Waals surface area (Å²) in [5, 5.41) is 0. The lowest BCUT2D eigenvalue weighted by Crippen LogP contribution is -2.13. The van der Waals surface area contributed by atoms with E-state index in [1.165, 1.54) is 26.0 Å². The van der Waals surface area contributed by atoms with Crippen LogP contribution in [0.3, 0.4) is 0 Å². The predicted molar refractivity (Wildman–Crippen MR) is 54.6 cm³/mol. The first-order chi connectivity index (χ1) is 6.36. The van der Waals surface area contributed by atoms with Crippen LogP contribution in [0.4, 0.5) is 8.78 Å². The number of alkyl halides is 1. The highest BCUT2D eigenvalue weighted by Gasteiger charge is 2.22. The monoisotopic (exact) mass is 198 g/mol. The van der Waals surface area contributed by atoms with E-state index in [1.807, 2.05) is 13.8 Å². The maximum atomic E-state index is 13.7. The smallest absolute Gasteiger partial charge is 0.130 e. The van der Waals surface area contributed by atoms with Crippen molar-refractivity contribution in [2.45, 2.75) is 39.8 Å². The van der Waals surface area contributed by atoms with Gasteiger partial charge in [-0.1, -0.05) is 6.92 Å². The fourth-order valence-electron chi connectivity index (χ4n) is 1.72. The minimum atomic E-state index is -1.48. The fraction of sp³-hybridized carbons (Fsp3) is 0.500. The molecule has 2 heteroatoms. The molecule has 14 heavy (non-hydrogen) atoms. The standard InChI is InChI=1S/C12H16F2/c1-5-9-6-10(13)7-11(8(9)2)12(3,4)14/h6-7H,5H2,1-4H3. The molecule has 0 radical (unpaired) electrons. The molecule has 0 bridgehead atoms. The van der Waals surface area contributed by atoms with E-state index in [2.05, 4.69) is 0 Å². The van der Waals surface area contributed by atoms with Crippen molar-refractivity contribution in [2.75, 3.05) is 0 Å². The van der Waals surface area contributed by atoms with Crippen LogP contribution in [0.1, 0.15) is 37.5 Å². The van der Waals surface area contributed by atoms with Crippen LogP contribution in [0.25, 0.3) is 0 Å². The van der Waals surface area contributed by atoms with Crippen molar-refractivity contribution in [1.82, 2.24) is 0 Å². The minimum Gasteiger partial charge on any atom is -0.239 e. The Bertz CT molecular complexity index is 335. The number of hydrogen-bond donors (Lipinski definition) is 0. The summed E-state index contributed by atoms with van der Waals surface area (Å²) in [4.78, 5) is 0. The molecule has 0 atom stereocenters. The van der Waals surface area contributed by atoms with Gasteiger partial charge in [-0.15, -0.1) is 0 Å². The Morgan fingerprint density at radius 1 is 1.29 bits per heavy atom. The van der Waals surface area contributed by atoms with Gasteiger partial charge in [-0.2, -0.15) is 0 Å². The molecule has 0 saturated heterocycles. The van der Waals surface area contributed by atoms with E-state index in [9.17, 15) is 8.78 Å². The van der Waals surface area contributed by atoms with Gasteiger partial charge in [-0.3, -0.25) is 0 Å². The Hall–Kier alpha value is -0.920. The molecule has 1 aromatic rings. The van der Waals surface area contributed by atoms with Gasteiger partial charge >= 0.3 is 0 Å². The molecule has 0 amide bonds. The van der Waals surface area contributed by atoms with E-state index in [0.29, 0.717) is 5.56 Å². The molecule has 78 valence electrons. The molecule has 0 nitrogen and oxygen atoms in total. The van der Waals surface area contributed by atoms with Gasteiger partial charge in [0.05, 0.1) is 0 Å². The van der Waals surface area contributed by atoms with Gasteiger partial charge in [-0.05, 0) is 56.0 Å². The Morgan fingerprint density at radius 3 is 2.29 bits per heavy atom. The summed E-state index contributed by atoms with van der Waals surface area (Å²) in [5.41, 5.74) is 0.720. The summed E-state index contributed by atoms with van der Waals surface area (Å²) in [6.45, 7) is 6.69. The van der Waals surface area contributed by atoms with Crippen molar-refractivity contribution in [3.8, 4) is 0 Å². The van der Waals surface area contributed by atoms with Gasteiger partial charge in [0.15, 0.2) is 0 Å². The molecule has 0 aliphatic carbocycles. The Kier molecular flexibility index (Phi) is 2.93. The number of hydrogen-bond acceptors (Lipinski definition) is 0. The van der Waals surface area contributed by atoms with E-state index in [-0.39, 0.29) is 5.82 Å². The molecular formula is C12H16F2. The first-order valence-electron chi connectivity index (χ1n) is 4.84. The summed E-state index contributed by atoms with van der Waals surface area (Å²) in [6, 6.07) is 2.76. The summed E-state index contributed by atoms with van der Waals surface area (Å²) in [5.74, 6) is -0.354. The molecule has 0 aromatic heterocycles. The number of rotatable bonds is 2. The van der Waals surface area contributed by atoms with Gasteiger partial charge in [0.1, 0.15) is 11.5 Å². The van der Waals surface area contributed by atoms with Crippen LogP contribution in [0.15, 0.2) is 12.1 Å². The molecule has 1 aromatic carbocycles. The summed E-state index contributed by atoms with van der Waals surface area (Å²) in [6.07, 6.45) is 0.729. The molecule has 0 fully saturated rings. The minimum absolute atomic E-state index is 0.354. The van der Waals surface area contributed by atoms with Gasteiger partial charge in [0.2, 0.25) is 0 Å². The van der Waals surface area contributed by atoms with Crippen LogP contribution < -0.4 is 0 Å². The molecule has 0 spiro atoms. The predicted octanol–water partition coefficient (Wildman–Crippen LogP) is 3.90. The van der Waals surface area contributed by atoms with Gasteiger partial charge < -0.3 is 0 Å². The first-order valence-corrected chi connectivity index (χ1v) is 4.84. The van der Waals surface area contributed by atoms with Crippen LogP contribution in [0.2, 0.25) is 0 Å². The van der Waals surface area contributed by atoms with Gasteiger partial charge in [-0.25, -0.2) is 8.78 Å². The highest BCUT2D eigenvalue weighted by Crippen LogP contribution is 2.30. The van der Waals surface area contributed by atoms with Crippen LogP contribution in [-0.2, 0) is 12.1 Å². The van der Waals surface area contributed by atoms with E-state index in [0.717, 1.165) is 17.5 Å². The van der Waals surface area contributed by atoms with E-state index < -0.39 is 5.67 Å².